The summed E-state index contributed by atoms with van der Waals surface area (Å²) in [6, 6.07) is 64.3. The monoisotopic (exact) mass is 639 g/mol. The summed E-state index contributed by atoms with van der Waals surface area (Å²) < 4.78 is 4.57. The molecule has 0 aliphatic carbocycles. The third kappa shape index (κ3) is 4.54. The second-order valence-corrected chi connectivity index (χ2v) is 12.7. The van der Waals surface area contributed by atoms with Crippen LogP contribution in [-0.2, 0) is 0 Å². The molecule has 0 amide bonds. The molecule has 0 bridgehead atoms. The van der Waals surface area contributed by atoms with E-state index in [2.05, 4.69) is 179 Å². The summed E-state index contributed by atoms with van der Waals surface area (Å²) in [5.41, 5.74) is 11.9. The van der Waals surface area contributed by atoms with Crippen LogP contribution in [0.1, 0.15) is 0 Å². The summed E-state index contributed by atoms with van der Waals surface area (Å²) in [5, 5.41) is 4.82. The molecular formula is C46H30N4. The molecule has 10 rings (SSSR count). The van der Waals surface area contributed by atoms with Crippen molar-refractivity contribution in [1.82, 2.24) is 19.1 Å². The van der Waals surface area contributed by atoms with Crippen molar-refractivity contribution in [2.24, 2.45) is 0 Å². The number of nitrogens with zero attached hydrogens (tertiary/aromatic N) is 4. The first-order valence-electron chi connectivity index (χ1n) is 16.9. The van der Waals surface area contributed by atoms with E-state index in [4.69, 9.17) is 9.97 Å². The van der Waals surface area contributed by atoms with Crippen molar-refractivity contribution >= 4 is 43.6 Å². The number of hydrogen-bond acceptors (Lipinski definition) is 2. The highest BCUT2D eigenvalue weighted by Gasteiger charge is 2.18. The highest BCUT2D eigenvalue weighted by atomic mass is 15.7. The van der Waals surface area contributed by atoms with Crippen LogP contribution in [0.4, 0.5) is 0 Å². The molecule has 0 saturated carbocycles. The molecule has 0 fully saturated rings. The Hall–Kier alpha value is -6.78. The van der Waals surface area contributed by atoms with E-state index >= 15 is 0 Å². The SMILES string of the molecule is c1ccc(-c2cc(-c3ccccc3)nc(-n3c4ccccc4c4cc(-c5ccc6c(c5)c5ccccc5[15n]6-c5ccccc5)ccc43)n2)cc1. The van der Waals surface area contributed by atoms with Gasteiger partial charge < -0.3 is 4.57 Å². The van der Waals surface area contributed by atoms with Crippen molar-refractivity contribution in [1.29, 1.82) is 0 Å². The van der Waals surface area contributed by atoms with E-state index in [1.165, 1.54) is 43.7 Å². The minimum absolute atomic E-state index is 0.652. The van der Waals surface area contributed by atoms with Gasteiger partial charge in [-0.25, -0.2) is 9.97 Å². The van der Waals surface area contributed by atoms with Crippen LogP contribution in [0, 0.1) is 0 Å². The Morgan fingerprint density at radius 1 is 0.300 bits per heavy atom. The molecule has 50 heavy (non-hydrogen) atoms. The fourth-order valence-corrected chi connectivity index (χ4v) is 7.42. The van der Waals surface area contributed by atoms with Gasteiger partial charge in [0.1, 0.15) is 0 Å². The van der Waals surface area contributed by atoms with Gasteiger partial charge >= 0.3 is 0 Å². The molecule has 0 unspecified atom stereocenters. The zero-order chi connectivity index (χ0) is 33.0. The number of benzene rings is 7. The summed E-state index contributed by atoms with van der Waals surface area (Å²) in [6.07, 6.45) is 0. The summed E-state index contributed by atoms with van der Waals surface area (Å²) >= 11 is 0. The summed E-state index contributed by atoms with van der Waals surface area (Å²) in [4.78, 5) is 10.4. The number of rotatable bonds is 5. The van der Waals surface area contributed by atoms with E-state index in [0.29, 0.717) is 5.95 Å². The number of hydrogen-bond donors (Lipinski definition) is 0. The van der Waals surface area contributed by atoms with Gasteiger partial charge in [-0.2, -0.15) is 0 Å². The van der Waals surface area contributed by atoms with Gasteiger partial charge in [-0.3, -0.25) is 4.57 Å². The average Bonchev–Trinajstić information content (AvgIpc) is 3.71. The fraction of sp³-hybridized carbons (Fsp3) is 0. The molecule has 0 atom stereocenters. The smallest absolute Gasteiger partial charge is 0.235 e. The normalized spacial score (nSPS) is 11.6. The van der Waals surface area contributed by atoms with E-state index in [0.717, 1.165) is 39.2 Å². The van der Waals surface area contributed by atoms with Crippen LogP contribution >= 0.6 is 0 Å². The third-order valence-corrected chi connectivity index (χ3v) is 9.75. The first-order chi connectivity index (χ1) is 24.8. The lowest BCUT2D eigenvalue weighted by molar-refractivity contribution is 0.995. The Kier molecular flexibility index (Phi) is 6.46. The Morgan fingerprint density at radius 2 is 0.720 bits per heavy atom. The maximum Gasteiger partial charge on any atom is 0.235 e. The first kappa shape index (κ1) is 28.3. The molecule has 7 aromatic carbocycles. The van der Waals surface area contributed by atoms with E-state index in [-0.39, 0.29) is 0 Å². The summed E-state index contributed by atoms with van der Waals surface area (Å²) in [5.74, 6) is 0.652. The maximum absolute atomic E-state index is 5.19. The molecule has 0 aliphatic rings. The highest BCUT2D eigenvalue weighted by molar-refractivity contribution is 6.12. The zero-order valence-electron chi connectivity index (χ0n) is 27.1. The van der Waals surface area contributed by atoms with Crippen molar-refractivity contribution in [3.05, 3.63) is 182 Å². The van der Waals surface area contributed by atoms with Crippen molar-refractivity contribution in [3.63, 3.8) is 0 Å². The molecule has 0 aliphatic heterocycles. The minimum Gasteiger partial charge on any atom is -0.309 e. The lowest BCUT2D eigenvalue weighted by Crippen LogP contribution is -2.03. The zero-order valence-corrected chi connectivity index (χ0v) is 27.1. The van der Waals surface area contributed by atoms with Crippen LogP contribution in [0.25, 0.3) is 88.9 Å². The van der Waals surface area contributed by atoms with Crippen LogP contribution < -0.4 is 0 Å². The Morgan fingerprint density at radius 3 is 1.26 bits per heavy atom. The number of para-hydroxylation sites is 3. The van der Waals surface area contributed by atoms with Gasteiger partial charge in [-0.15, -0.1) is 0 Å². The number of aromatic nitrogens is 4. The van der Waals surface area contributed by atoms with Gasteiger partial charge in [-0.1, -0.05) is 127 Å². The predicted octanol–water partition coefficient (Wildman–Crippen LogP) is 11.7. The standard InChI is InChI=1S/C46H30N4/c1-4-14-31(15-5-1)40-30-41(32-16-6-2-7-17-32)48-46(47-40)50-43-23-13-11-21-37(43)39-29-34(25-27-45(39)50)33-24-26-44-38(28-33)36-20-10-12-22-42(36)49(44)35-18-8-3-9-19-35/h1-30H/i49+1. The van der Waals surface area contributed by atoms with Gasteiger partial charge in [0.05, 0.1) is 33.5 Å². The number of fused-ring (bicyclic) bond motifs is 6. The van der Waals surface area contributed by atoms with E-state index in [1.807, 2.05) is 12.1 Å². The van der Waals surface area contributed by atoms with Crippen LogP contribution in [0.5, 0.6) is 0 Å². The Bertz CT molecular complexity index is 2790. The quantitative estimate of drug-likeness (QED) is 0.188. The lowest BCUT2D eigenvalue weighted by Gasteiger charge is -2.12. The molecule has 234 valence electrons. The van der Waals surface area contributed by atoms with Crippen LogP contribution in [0.2, 0.25) is 0 Å². The molecule has 3 heterocycles. The second-order valence-electron chi connectivity index (χ2n) is 12.7. The molecule has 0 radical (unpaired) electrons. The summed E-state index contributed by atoms with van der Waals surface area (Å²) in [7, 11) is 0. The molecule has 4 nitrogen and oxygen atoms in total. The average molecular weight is 640 g/mol. The van der Waals surface area contributed by atoms with Crippen molar-refractivity contribution in [3.8, 4) is 45.3 Å². The minimum atomic E-state index is 0.652. The second kappa shape index (κ2) is 11.4. The van der Waals surface area contributed by atoms with Gasteiger partial charge in [-0.05, 0) is 65.7 Å². The van der Waals surface area contributed by atoms with Crippen LogP contribution in [0.15, 0.2) is 182 Å². The van der Waals surface area contributed by atoms with Crippen LogP contribution in [-0.4, -0.2) is 19.1 Å². The first-order valence-corrected chi connectivity index (χ1v) is 16.9. The van der Waals surface area contributed by atoms with Crippen molar-refractivity contribution in [2.45, 2.75) is 0 Å². The molecule has 0 N–H and O–H groups in total. The predicted molar refractivity (Wildman–Crippen MR) is 207 cm³/mol. The molecular weight excluding hydrogens is 610 g/mol. The van der Waals surface area contributed by atoms with Gasteiger partial charge in [0.25, 0.3) is 0 Å². The van der Waals surface area contributed by atoms with E-state index < -0.39 is 0 Å². The topological polar surface area (TPSA) is 35.6 Å². The van der Waals surface area contributed by atoms with Crippen molar-refractivity contribution in [2.75, 3.05) is 0 Å². The molecule has 10 aromatic rings. The fourth-order valence-electron chi connectivity index (χ4n) is 7.42. The molecule has 0 saturated heterocycles. The van der Waals surface area contributed by atoms with Crippen LogP contribution in [0.3, 0.4) is 0 Å². The van der Waals surface area contributed by atoms with Crippen molar-refractivity contribution < 1.29 is 0 Å². The largest absolute Gasteiger partial charge is 0.309 e. The maximum atomic E-state index is 5.19. The Labute approximate surface area is 289 Å². The summed E-state index contributed by atoms with van der Waals surface area (Å²) in [6.45, 7) is 0. The van der Waals surface area contributed by atoms with Gasteiger partial charge in [0, 0.05) is 38.4 Å². The van der Waals surface area contributed by atoms with Gasteiger partial charge in [0.2, 0.25) is 5.95 Å². The van der Waals surface area contributed by atoms with Gasteiger partial charge in [0.15, 0.2) is 0 Å². The van der Waals surface area contributed by atoms with E-state index in [1.54, 1.807) is 0 Å². The third-order valence-electron chi connectivity index (χ3n) is 9.75. The Balaban J connectivity index is 1.17. The van der Waals surface area contributed by atoms with E-state index in [9.17, 15) is 0 Å². The lowest BCUT2D eigenvalue weighted by atomic mass is 10.0. The molecule has 0 spiro atoms. The molecule has 4 heteroatoms. The highest BCUT2D eigenvalue weighted by Crippen LogP contribution is 2.38. The molecule has 3 aromatic heterocycles.